The molecule has 3 rings (SSSR count). The topological polar surface area (TPSA) is 87.7 Å². The highest BCUT2D eigenvalue weighted by Gasteiger charge is 2.29. The summed E-state index contributed by atoms with van der Waals surface area (Å²) in [5, 5.41) is 13.4. The van der Waals surface area contributed by atoms with Gasteiger partial charge in [0, 0.05) is 18.5 Å². The maximum atomic E-state index is 12.0. The summed E-state index contributed by atoms with van der Waals surface area (Å²) in [6.45, 7) is 2.07. The number of nitrogens with one attached hydrogen (secondary N) is 2. The molecule has 0 radical (unpaired) electrons. The van der Waals surface area contributed by atoms with Crippen molar-refractivity contribution in [3.05, 3.63) is 59.7 Å². The van der Waals surface area contributed by atoms with Crippen LogP contribution in [0.15, 0.2) is 48.5 Å². The molecule has 25 heavy (non-hydrogen) atoms. The molecule has 1 atom stereocenters. The first-order chi connectivity index (χ1) is 12.1. The van der Waals surface area contributed by atoms with E-state index in [-0.39, 0.29) is 25.1 Å². The number of fused-ring (bicyclic) bond motifs is 3. The summed E-state index contributed by atoms with van der Waals surface area (Å²) in [6.07, 6.45) is -1.68. The van der Waals surface area contributed by atoms with Crippen molar-refractivity contribution >= 4 is 12.2 Å². The van der Waals surface area contributed by atoms with Gasteiger partial charge in [-0.05, 0) is 29.2 Å². The van der Waals surface area contributed by atoms with Crippen LogP contribution in [0, 0.1) is 0 Å². The molecule has 0 spiro atoms. The zero-order valence-corrected chi connectivity index (χ0v) is 13.9. The molecule has 0 saturated carbocycles. The summed E-state index contributed by atoms with van der Waals surface area (Å²) < 4.78 is 5.39. The highest BCUT2D eigenvalue weighted by molar-refractivity contribution is 5.79. The maximum absolute atomic E-state index is 12.0. The fourth-order valence-electron chi connectivity index (χ4n) is 3.13. The Morgan fingerprint density at radius 1 is 1.08 bits per heavy atom. The lowest BCUT2D eigenvalue weighted by Gasteiger charge is -2.17. The number of hydrogen-bond acceptors (Lipinski definition) is 3. The first kappa shape index (κ1) is 16.8. The molecular formula is C19H20N2O4. The Bertz CT molecular complexity index is 745. The van der Waals surface area contributed by atoms with Crippen LogP contribution in [-0.4, -0.2) is 36.5 Å². The maximum Gasteiger partial charge on any atom is 0.407 e. The smallest absolute Gasteiger partial charge is 0.407 e. The van der Waals surface area contributed by atoms with Crippen molar-refractivity contribution in [2.75, 3.05) is 13.2 Å². The number of ether oxygens (including phenoxy) is 1. The van der Waals surface area contributed by atoms with Crippen LogP contribution < -0.4 is 10.6 Å². The monoisotopic (exact) mass is 340 g/mol. The summed E-state index contributed by atoms with van der Waals surface area (Å²) in [6, 6.07) is 15.9. The van der Waals surface area contributed by atoms with Crippen LogP contribution >= 0.6 is 0 Å². The Labute approximate surface area is 145 Å². The van der Waals surface area contributed by atoms with E-state index in [9.17, 15) is 9.59 Å². The second-order valence-electron chi connectivity index (χ2n) is 6.06. The molecule has 0 unspecified atom stereocenters. The van der Waals surface area contributed by atoms with Crippen LogP contribution in [0.25, 0.3) is 11.1 Å². The molecule has 2 aromatic carbocycles. The molecule has 2 aromatic rings. The molecule has 1 aliphatic carbocycles. The molecule has 0 heterocycles. The van der Waals surface area contributed by atoms with Gasteiger partial charge >= 0.3 is 12.2 Å². The fourth-order valence-corrected chi connectivity index (χ4v) is 3.13. The molecule has 2 amide bonds. The second-order valence-corrected chi connectivity index (χ2v) is 6.06. The van der Waals surface area contributed by atoms with Gasteiger partial charge in [-0.2, -0.15) is 0 Å². The Morgan fingerprint density at radius 2 is 1.64 bits per heavy atom. The minimum Gasteiger partial charge on any atom is -0.465 e. The van der Waals surface area contributed by atoms with E-state index < -0.39 is 12.2 Å². The quantitative estimate of drug-likeness (QED) is 0.780. The van der Waals surface area contributed by atoms with Crippen molar-refractivity contribution in [2.24, 2.45) is 0 Å². The SMILES string of the molecule is C[C@H](CNC(=O)O)NC(=O)OCC1c2ccccc2-c2ccccc21. The Morgan fingerprint density at radius 3 is 2.20 bits per heavy atom. The van der Waals surface area contributed by atoms with Gasteiger partial charge in [-0.1, -0.05) is 48.5 Å². The number of amides is 2. The van der Waals surface area contributed by atoms with Crippen LogP contribution in [0.2, 0.25) is 0 Å². The fraction of sp³-hybridized carbons (Fsp3) is 0.263. The summed E-state index contributed by atoms with van der Waals surface area (Å²) in [4.78, 5) is 22.4. The average molecular weight is 340 g/mol. The van der Waals surface area contributed by atoms with Gasteiger partial charge in [-0.3, -0.25) is 0 Å². The van der Waals surface area contributed by atoms with E-state index in [1.54, 1.807) is 6.92 Å². The van der Waals surface area contributed by atoms with E-state index in [1.807, 2.05) is 24.3 Å². The molecule has 0 fully saturated rings. The van der Waals surface area contributed by atoms with Gasteiger partial charge in [0.2, 0.25) is 0 Å². The molecule has 0 bridgehead atoms. The van der Waals surface area contributed by atoms with Gasteiger partial charge < -0.3 is 20.5 Å². The zero-order chi connectivity index (χ0) is 17.8. The number of carbonyl (C=O) groups is 2. The van der Waals surface area contributed by atoms with Crippen LogP contribution in [0.1, 0.15) is 24.0 Å². The van der Waals surface area contributed by atoms with E-state index in [2.05, 4.69) is 34.9 Å². The van der Waals surface area contributed by atoms with Crippen molar-refractivity contribution in [3.8, 4) is 11.1 Å². The Kier molecular flexibility index (Phi) is 4.88. The lowest BCUT2D eigenvalue weighted by Crippen LogP contribution is -2.41. The lowest BCUT2D eigenvalue weighted by atomic mass is 9.98. The van der Waals surface area contributed by atoms with Gasteiger partial charge in [0.15, 0.2) is 0 Å². The Balaban J connectivity index is 1.63. The minimum absolute atomic E-state index is 0.00519. The predicted molar refractivity (Wildman–Crippen MR) is 93.7 cm³/mol. The molecule has 0 aromatic heterocycles. The molecule has 1 aliphatic rings. The van der Waals surface area contributed by atoms with Gasteiger partial charge in [0.1, 0.15) is 6.61 Å². The van der Waals surface area contributed by atoms with E-state index in [4.69, 9.17) is 9.84 Å². The summed E-state index contributed by atoms with van der Waals surface area (Å²) in [5.74, 6) is 0.00519. The third-order valence-electron chi connectivity index (χ3n) is 4.27. The van der Waals surface area contributed by atoms with E-state index >= 15 is 0 Å². The number of carbonyl (C=O) groups excluding carboxylic acids is 1. The van der Waals surface area contributed by atoms with E-state index in [0.717, 1.165) is 11.1 Å². The molecular weight excluding hydrogens is 320 g/mol. The molecule has 130 valence electrons. The molecule has 6 heteroatoms. The van der Waals surface area contributed by atoms with Crippen molar-refractivity contribution in [3.63, 3.8) is 0 Å². The lowest BCUT2D eigenvalue weighted by molar-refractivity contribution is 0.139. The van der Waals surface area contributed by atoms with Crippen LogP contribution in [0.5, 0.6) is 0 Å². The molecule has 6 nitrogen and oxygen atoms in total. The third-order valence-corrected chi connectivity index (χ3v) is 4.27. The standard InChI is InChI=1S/C19H20N2O4/c1-12(10-20-18(22)23)21-19(24)25-11-17-15-8-4-2-6-13(15)14-7-3-5-9-16(14)17/h2-9,12,17,20H,10-11H2,1H3,(H,21,24)(H,22,23)/t12-/m1/s1. The van der Waals surface area contributed by atoms with Crippen molar-refractivity contribution in [1.29, 1.82) is 0 Å². The largest absolute Gasteiger partial charge is 0.465 e. The summed E-state index contributed by atoms with van der Waals surface area (Å²) in [7, 11) is 0. The normalized spacial score (nSPS) is 13.5. The number of benzene rings is 2. The predicted octanol–water partition coefficient (Wildman–Crippen LogP) is 3.18. The molecule has 0 aliphatic heterocycles. The average Bonchev–Trinajstić information content (AvgIpc) is 2.92. The summed E-state index contributed by atoms with van der Waals surface area (Å²) in [5.41, 5.74) is 4.64. The van der Waals surface area contributed by atoms with Crippen molar-refractivity contribution in [2.45, 2.75) is 18.9 Å². The van der Waals surface area contributed by atoms with Gasteiger partial charge in [-0.15, -0.1) is 0 Å². The van der Waals surface area contributed by atoms with Gasteiger partial charge in [0.05, 0.1) is 0 Å². The first-order valence-corrected chi connectivity index (χ1v) is 8.14. The molecule has 3 N–H and O–H groups in total. The number of hydrogen-bond donors (Lipinski definition) is 3. The minimum atomic E-state index is -1.12. The van der Waals surface area contributed by atoms with Crippen LogP contribution in [-0.2, 0) is 4.74 Å². The number of rotatable bonds is 5. The van der Waals surface area contributed by atoms with Gasteiger partial charge in [0.25, 0.3) is 0 Å². The Hall–Kier alpha value is -3.02. The highest BCUT2D eigenvalue weighted by atomic mass is 16.5. The number of carboxylic acid groups (broad SMARTS) is 1. The van der Waals surface area contributed by atoms with Gasteiger partial charge in [-0.25, -0.2) is 9.59 Å². The third kappa shape index (κ3) is 3.74. The zero-order valence-electron chi connectivity index (χ0n) is 13.9. The molecule has 0 saturated heterocycles. The summed E-state index contributed by atoms with van der Waals surface area (Å²) >= 11 is 0. The van der Waals surface area contributed by atoms with Crippen molar-refractivity contribution < 1.29 is 19.4 Å². The van der Waals surface area contributed by atoms with Crippen molar-refractivity contribution in [1.82, 2.24) is 10.6 Å². The highest BCUT2D eigenvalue weighted by Crippen LogP contribution is 2.44. The second kappa shape index (κ2) is 7.25. The van der Waals surface area contributed by atoms with Crippen LogP contribution in [0.3, 0.4) is 0 Å². The first-order valence-electron chi connectivity index (χ1n) is 8.14. The number of alkyl carbamates (subject to hydrolysis) is 1. The van der Waals surface area contributed by atoms with E-state index in [0.29, 0.717) is 0 Å². The van der Waals surface area contributed by atoms with E-state index in [1.165, 1.54) is 11.1 Å². The van der Waals surface area contributed by atoms with Crippen LogP contribution in [0.4, 0.5) is 9.59 Å².